The molecule has 3 rings (SSSR count). The highest BCUT2D eigenvalue weighted by Gasteiger charge is 2.33. The van der Waals surface area contributed by atoms with E-state index in [0.29, 0.717) is 17.0 Å². The Balaban J connectivity index is 1.77. The fourth-order valence-corrected chi connectivity index (χ4v) is 3.16. The van der Waals surface area contributed by atoms with Gasteiger partial charge in [-0.25, -0.2) is 0 Å². The predicted molar refractivity (Wildman–Crippen MR) is 108 cm³/mol. The number of para-hydroxylation sites is 1. The number of alkyl halides is 3. The minimum atomic E-state index is -4.76. The second kappa shape index (κ2) is 8.83. The highest BCUT2D eigenvalue weighted by molar-refractivity contribution is 7.12. The van der Waals surface area contributed by atoms with Crippen LogP contribution in [0.5, 0.6) is 0 Å². The molecule has 0 radical (unpaired) electrons. The molecule has 0 aliphatic heterocycles. The number of nitro groups is 1. The molecule has 3 aromatic rings. The van der Waals surface area contributed by atoms with Crippen molar-refractivity contribution in [3.05, 3.63) is 86.1 Å². The number of rotatable bonds is 6. The zero-order chi connectivity index (χ0) is 22.6. The minimum Gasteiger partial charge on any atom is -0.321 e. The van der Waals surface area contributed by atoms with E-state index in [0.717, 1.165) is 6.07 Å². The topological polar surface area (TPSA) is 113 Å². The van der Waals surface area contributed by atoms with E-state index >= 15 is 0 Å². The summed E-state index contributed by atoms with van der Waals surface area (Å²) >= 11 is 1.21. The molecular formula is C19H13F3N4O4S. The molecule has 12 heteroatoms. The van der Waals surface area contributed by atoms with E-state index in [1.807, 2.05) is 0 Å². The summed E-state index contributed by atoms with van der Waals surface area (Å²) in [6, 6.07) is 11.2. The molecule has 0 saturated heterocycles. The van der Waals surface area contributed by atoms with Gasteiger partial charge in [0.25, 0.3) is 17.5 Å². The maximum Gasteiger partial charge on any atom is 0.416 e. The van der Waals surface area contributed by atoms with E-state index in [-0.39, 0.29) is 16.9 Å². The Labute approximate surface area is 176 Å². The molecule has 3 N–H and O–H groups in total. The van der Waals surface area contributed by atoms with E-state index in [1.165, 1.54) is 29.5 Å². The van der Waals surface area contributed by atoms with Crippen LogP contribution in [0.15, 0.2) is 60.0 Å². The first-order valence-corrected chi connectivity index (χ1v) is 9.40. The van der Waals surface area contributed by atoms with Crippen molar-refractivity contribution < 1.29 is 27.7 Å². The normalized spacial score (nSPS) is 10.9. The number of amides is 2. The number of carbonyl (C=O) groups is 2. The number of benzene rings is 2. The molecule has 0 saturated carbocycles. The van der Waals surface area contributed by atoms with Crippen LogP contribution in [-0.4, -0.2) is 16.7 Å². The number of nitrogens with one attached hydrogen (secondary N) is 3. The van der Waals surface area contributed by atoms with Crippen molar-refractivity contribution in [1.29, 1.82) is 0 Å². The zero-order valence-corrected chi connectivity index (χ0v) is 16.2. The lowest BCUT2D eigenvalue weighted by Crippen LogP contribution is -2.30. The molecule has 31 heavy (non-hydrogen) atoms. The third kappa shape index (κ3) is 5.17. The first-order chi connectivity index (χ1) is 14.7. The van der Waals surface area contributed by atoms with Crippen LogP contribution < -0.4 is 16.2 Å². The monoisotopic (exact) mass is 450 g/mol. The number of halogens is 3. The van der Waals surface area contributed by atoms with Crippen LogP contribution in [-0.2, 0) is 6.18 Å². The van der Waals surface area contributed by atoms with Gasteiger partial charge < -0.3 is 5.32 Å². The Morgan fingerprint density at radius 1 is 0.968 bits per heavy atom. The fourth-order valence-electron chi connectivity index (χ4n) is 2.54. The van der Waals surface area contributed by atoms with Gasteiger partial charge in [-0.2, -0.15) is 13.2 Å². The van der Waals surface area contributed by atoms with Gasteiger partial charge in [-0.05, 0) is 35.7 Å². The molecule has 0 aliphatic carbocycles. The fraction of sp³-hybridized carbons (Fsp3) is 0.0526. The maximum atomic E-state index is 12.8. The molecule has 0 atom stereocenters. The zero-order valence-electron chi connectivity index (χ0n) is 15.4. The smallest absolute Gasteiger partial charge is 0.321 e. The van der Waals surface area contributed by atoms with Gasteiger partial charge in [0, 0.05) is 6.07 Å². The van der Waals surface area contributed by atoms with Crippen molar-refractivity contribution in [2.75, 3.05) is 10.7 Å². The van der Waals surface area contributed by atoms with E-state index in [1.54, 1.807) is 23.6 Å². The molecule has 160 valence electrons. The van der Waals surface area contributed by atoms with Gasteiger partial charge in [0.2, 0.25) is 0 Å². The van der Waals surface area contributed by atoms with Gasteiger partial charge in [0.15, 0.2) is 0 Å². The largest absolute Gasteiger partial charge is 0.416 e. The number of hydrazine groups is 1. The lowest BCUT2D eigenvalue weighted by atomic mass is 10.1. The number of thiophene rings is 1. The SMILES string of the molecule is O=C(Nc1ccccc1C(=O)NNc1ccc(C(F)(F)F)cc1[N+](=O)[O-])c1cccs1. The van der Waals surface area contributed by atoms with E-state index in [2.05, 4.69) is 16.2 Å². The molecule has 2 aromatic carbocycles. The quantitative estimate of drug-likeness (QED) is 0.373. The molecular weight excluding hydrogens is 437 g/mol. The highest BCUT2D eigenvalue weighted by atomic mass is 32.1. The summed E-state index contributed by atoms with van der Waals surface area (Å²) in [5.41, 5.74) is 2.27. The van der Waals surface area contributed by atoms with Crippen molar-refractivity contribution in [3.63, 3.8) is 0 Å². The van der Waals surface area contributed by atoms with Gasteiger partial charge >= 0.3 is 6.18 Å². The van der Waals surface area contributed by atoms with E-state index < -0.39 is 34.2 Å². The lowest BCUT2D eigenvalue weighted by Gasteiger charge is -2.13. The van der Waals surface area contributed by atoms with Crippen molar-refractivity contribution >= 4 is 40.2 Å². The van der Waals surface area contributed by atoms with Crippen molar-refractivity contribution in [1.82, 2.24) is 5.43 Å². The molecule has 1 heterocycles. The molecule has 0 fully saturated rings. The van der Waals surface area contributed by atoms with Gasteiger partial charge in [0.1, 0.15) is 5.69 Å². The summed E-state index contributed by atoms with van der Waals surface area (Å²) in [6.07, 6.45) is -4.76. The molecule has 0 unspecified atom stereocenters. The summed E-state index contributed by atoms with van der Waals surface area (Å²) in [7, 11) is 0. The standard InChI is InChI=1S/C19H13F3N4O4S/c20-19(21,22)11-7-8-14(15(10-11)26(29)30)24-25-17(27)12-4-1-2-5-13(12)23-18(28)16-6-3-9-31-16/h1-10,24H,(H,23,28)(H,25,27). The number of hydrogen-bond donors (Lipinski definition) is 3. The van der Waals surface area contributed by atoms with Gasteiger partial charge in [-0.3, -0.25) is 30.6 Å². The van der Waals surface area contributed by atoms with Crippen molar-refractivity contribution in [2.45, 2.75) is 6.18 Å². The van der Waals surface area contributed by atoms with Gasteiger partial charge in [0.05, 0.1) is 26.6 Å². The Kier molecular flexibility index (Phi) is 6.20. The summed E-state index contributed by atoms with van der Waals surface area (Å²) < 4.78 is 38.4. The Morgan fingerprint density at radius 2 is 1.71 bits per heavy atom. The number of carbonyl (C=O) groups excluding carboxylic acids is 2. The number of nitrogens with zero attached hydrogens (tertiary/aromatic N) is 1. The molecule has 0 spiro atoms. The van der Waals surface area contributed by atoms with Crippen LogP contribution in [0.25, 0.3) is 0 Å². The first-order valence-electron chi connectivity index (χ1n) is 8.52. The van der Waals surface area contributed by atoms with Gasteiger partial charge in [-0.15, -0.1) is 11.3 Å². The highest BCUT2D eigenvalue weighted by Crippen LogP contribution is 2.34. The van der Waals surface area contributed by atoms with Crippen molar-refractivity contribution in [3.8, 4) is 0 Å². The molecule has 8 nitrogen and oxygen atoms in total. The summed E-state index contributed by atoms with van der Waals surface area (Å²) in [5.74, 6) is -1.20. The van der Waals surface area contributed by atoms with Crippen LogP contribution >= 0.6 is 11.3 Å². The third-order valence-corrected chi connectivity index (χ3v) is 4.87. The van der Waals surface area contributed by atoms with Crippen molar-refractivity contribution in [2.24, 2.45) is 0 Å². The van der Waals surface area contributed by atoms with Crippen LogP contribution in [0, 0.1) is 10.1 Å². The van der Waals surface area contributed by atoms with Crippen LogP contribution in [0.1, 0.15) is 25.6 Å². The Morgan fingerprint density at radius 3 is 2.35 bits per heavy atom. The van der Waals surface area contributed by atoms with E-state index in [9.17, 15) is 32.9 Å². The third-order valence-electron chi connectivity index (χ3n) is 4.00. The van der Waals surface area contributed by atoms with Gasteiger partial charge in [-0.1, -0.05) is 18.2 Å². The molecule has 1 aromatic heterocycles. The maximum absolute atomic E-state index is 12.8. The Hall–Kier alpha value is -3.93. The summed E-state index contributed by atoms with van der Waals surface area (Å²) in [6.45, 7) is 0. The van der Waals surface area contributed by atoms with E-state index in [4.69, 9.17) is 0 Å². The second-order valence-electron chi connectivity index (χ2n) is 6.04. The van der Waals surface area contributed by atoms with Crippen LogP contribution in [0.4, 0.5) is 30.2 Å². The second-order valence-corrected chi connectivity index (χ2v) is 6.99. The first kappa shape index (κ1) is 21.8. The lowest BCUT2D eigenvalue weighted by molar-refractivity contribution is -0.384. The minimum absolute atomic E-state index is 0.0365. The average Bonchev–Trinajstić information content (AvgIpc) is 3.26. The summed E-state index contributed by atoms with van der Waals surface area (Å²) in [4.78, 5) is 35.4. The number of anilines is 2. The molecule has 2 amide bonds. The number of nitro benzene ring substituents is 1. The summed E-state index contributed by atoms with van der Waals surface area (Å²) in [5, 5.41) is 15.5. The average molecular weight is 450 g/mol. The molecule has 0 bridgehead atoms. The van der Waals surface area contributed by atoms with Crippen LogP contribution in [0.3, 0.4) is 0 Å². The molecule has 0 aliphatic rings. The van der Waals surface area contributed by atoms with Crippen LogP contribution in [0.2, 0.25) is 0 Å². The predicted octanol–water partition coefficient (Wildman–Crippen LogP) is 4.68. The Bertz CT molecular complexity index is 1130. The number of hydrogen-bond acceptors (Lipinski definition) is 6.